The van der Waals surface area contributed by atoms with Gasteiger partial charge in [0.1, 0.15) is 0 Å². The Balaban J connectivity index is 2.13. The van der Waals surface area contributed by atoms with Crippen molar-refractivity contribution in [2.24, 2.45) is 0 Å². The summed E-state index contributed by atoms with van der Waals surface area (Å²) < 4.78 is 6.58. The maximum atomic E-state index is 5.41. The van der Waals surface area contributed by atoms with Crippen molar-refractivity contribution in [3.8, 4) is 0 Å². The van der Waals surface area contributed by atoms with E-state index in [-0.39, 0.29) is 0 Å². The first-order chi connectivity index (χ1) is 8.24. The SMILES string of the molecule is C=CCCOCCNCc1ccc(C)c(Br)c1. The minimum absolute atomic E-state index is 0.751. The normalized spacial score (nSPS) is 10.5. The number of ether oxygens (including phenoxy) is 1. The standard InChI is InChI=1S/C14H20BrNO/c1-3-4-8-17-9-7-16-11-13-6-5-12(2)14(15)10-13/h3,5-6,10,16H,1,4,7-9,11H2,2H3. The number of benzene rings is 1. The lowest BCUT2D eigenvalue weighted by molar-refractivity contribution is 0.140. The molecule has 1 aromatic rings. The summed E-state index contributed by atoms with van der Waals surface area (Å²) in [6.45, 7) is 9.01. The highest BCUT2D eigenvalue weighted by atomic mass is 79.9. The van der Waals surface area contributed by atoms with Gasteiger partial charge in [-0.3, -0.25) is 0 Å². The summed E-state index contributed by atoms with van der Waals surface area (Å²) in [6.07, 6.45) is 2.79. The molecule has 2 nitrogen and oxygen atoms in total. The summed E-state index contributed by atoms with van der Waals surface area (Å²) in [7, 11) is 0. The van der Waals surface area contributed by atoms with E-state index in [4.69, 9.17) is 4.74 Å². The van der Waals surface area contributed by atoms with Crippen LogP contribution in [0.1, 0.15) is 17.5 Å². The van der Waals surface area contributed by atoms with Crippen molar-refractivity contribution in [2.75, 3.05) is 19.8 Å². The van der Waals surface area contributed by atoms with Gasteiger partial charge in [0.25, 0.3) is 0 Å². The number of halogens is 1. The second-order valence-electron chi connectivity index (χ2n) is 3.95. The molecule has 0 spiro atoms. The van der Waals surface area contributed by atoms with Gasteiger partial charge in [-0.2, -0.15) is 0 Å². The van der Waals surface area contributed by atoms with Crippen molar-refractivity contribution in [3.63, 3.8) is 0 Å². The summed E-state index contributed by atoms with van der Waals surface area (Å²) in [4.78, 5) is 0. The molecule has 1 aromatic carbocycles. The van der Waals surface area contributed by atoms with Crippen molar-refractivity contribution in [1.29, 1.82) is 0 Å². The second kappa shape index (κ2) is 8.45. The Kier molecular flexibility index (Phi) is 7.17. The molecule has 0 unspecified atom stereocenters. The summed E-state index contributed by atoms with van der Waals surface area (Å²) in [5, 5.41) is 3.35. The topological polar surface area (TPSA) is 21.3 Å². The molecule has 0 amide bonds. The third-order valence-corrected chi connectivity index (χ3v) is 3.31. The van der Waals surface area contributed by atoms with E-state index in [1.807, 2.05) is 6.08 Å². The Morgan fingerprint density at radius 2 is 2.24 bits per heavy atom. The fraction of sp³-hybridized carbons (Fsp3) is 0.429. The molecule has 17 heavy (non-hydrogen) atoms. The zero-order valence-electron chi connectivity index (χ0n) is 10.3. The van der Waals surface area contributed by atoms with Crippen LogP contribution in [0.4, 0.5) is 0 Å². The van der Waals surface area contributed by atoms with Gasteiger partial charge < -0.3 is 10.1 Å². The van der Waals surface area contributed by atoms with Crippen LogP contribution in [0.2, 0.25) is 0 Å². The molecule has 0 atom stereocenters. The van der Waals surface area contributed by atoms with Gasteiger partial charge in [0, 0.05) is 17.6 Å². The van der Waals surface area contributed by atoms with Crippen LogP contribution in [0.25, 0.3) is 0 Å². The Hall–Kier alpha value is -0.640. The number of rotatable bonds is 8. The summed E-state index contributed by atoms with van der Waals surface area (Å²) in [5.41, 5.74) is 2.55. The average molecular weight is 298 g/mol. The van der Waals surface area contributed by atoms with E-state index in [9.17, 15) is 0 Å². The Morgan fingerprint density at radius 1 is 1.41 bits per heavy atom. The van der Waals surface area contributed by atoms with Gasteiger partial charge in [-0.25, -0.2) is 0 Å². The molecular formula is C14H20BrNO. The molecule has 0 bridgehead atoms. The summed E-state index contributed by atoms with van der Waals surface area (Å²) in [6, 6.07) is 6.42. The average Bonchev–Trinajstić information content (AvgIpc) is 2.32. The molecule has 3 heteroatoms. The predicted molar refractivity (Wildman–Crippen MR) is 76.2 cm³/mol. The number of aryl methyl sites for hydroxylation is 1. The lowest BCUT2D eigenvalue weighted by Gasteiger charge is -2.07. The van der Waals surface area contributed by atoms with Crippen LogP contribution in [-0.2, 0) is 11.3 Å². The van der Waals surface area contributed by atoms with Crippen LogP contribution >= 0.6 is 15.9 Å². The highest BCUT2D eigenvalue weighted by molar-refractivity contribution is 9.10. The first-order valence-corrected chi connectivity index (χ1v) is 6.67. The van der Waals surface area contributed by atoms with Gasteiger partial charge in [-0.15, -0.1) is 6.58 Å². The van der Waals surface area contributed by atoms with Crippen LogP contribution < -0.4 is 5.32 Å². The fourth-order valence-corrected chi connectivity index (χ4v) is 1.82. The van der Waals surface area contributed by atoms with Gasteiger partial charge in [0.15, 0.2) is 0 Å². The van der Waals surface area contributed by atoms with Crippen LogP contribution in [0.15, 0.2) is 35.3 Å². The largest absolute Gasteiger partial charge is 0.380 e. The minimum atomic E-state index is 0.751. The van der Waals surface area contributed by atoms with Gasteiger partial charge in [-0.05, 0) is 30.5 Å². The summed E-state index contributed by atoms with van der Waals surface area (Å²) >= 11 is 3.54. The second-order valence-corrected chi connectivity index (χ2v) is 4.80. The lowest BCUT2D eigenvalue weighted by atomic mass is 10.1. The Bertz CT molecular complexity index is 352. The first-order valence-electron chi connectivity index (χ1n) is 5.88. The van der Waals surface area contributed by atoms with Gasteiger partial charge in [0.2, 0.25) is 0 Å². The molecule has 94 valence electrons. The maximum absolute atomic E-state index is 5.41. The predicted octanol–water partition coefficient (Wildman–Crippen LogP) is 3.44. The maximum Gasteiger partial charge on any atom is 0.0591 e. The fourth-order valence-electron chi connectivity index (χ4n) is 1.39. The van der Waals surface area contributed by atoms with Crippen molar-refractivity contribution in [2.45, 2.75) is 19.9 Å². The van der Waals surface area contributed by atoms with E-state index < -0.39 is 0 Å². The molecule has 1 rings (SSSR count). The molecule has 0 radical (unpaired) electrons. The zero-order chi connectivity index (χ0) is 12.5. The number of nitrogens with one attached hydrogen (secondary N) is 1. The van der Waals surface area contributed by atoms with Crippen LogP contribution in [0.5, 0.6) is 0 Å². The third-order valence-electron chi connectivity index (χ3n) is 2.45. The van der Waals surface area contributed by atoms with Crippen molar-refractivity contribution >= 4 is 15.9 Å². The Morgan fingerprint density at radius 3 is 2.94 bits per heavy atom. The minimum Gasteiger partial charge on any atom is -0.380 e. The molecule has 0 fully saturated rings. The molecular weight excluding hydrogens is 278 g/mol. The van der Waals surface area contributed by atoms with Crippen molar-refractivity contribution in [3.05, 3.63) is 46.5 Å². The highest BCUT2D eigenvalue weighted by Gasteiger charge is 1.97. The molecule has 0 saturated carbocycles. The molecule has 1 N–H and O–H groups in total. The summed E-state index contributed by atoms with van der Waals surface area (Å²) in [5.74, 6) is 0. The third kappa shape index (κ3) is 6.01. The van der Waals surface area contributed by atoms with Gasteiger partial charge in [-0.1, -0.05) is 34.1 Å². The number of hydrogen-bond acceptors (Lipinski definition) is 2. The molecule has 0 aliphatic heterocycles. The lowest BCUT2D eigenvalue weighted by Crippen LogP contribution is -2.19. The smallest absolute Gasteiger partial charge is 0.0591 e. The molecule has 0 saturated heterocycles. The van der Waals surface area contributed by atoms with Crippen LogP contribution in [-0.4, -0.2) is 19.8 Å². The number of hydrogen-bond donors (Lipinski definition) is 1. The van der Waals surface area contributed by atoms with Crippen LogP contribution in [0, 0.1) is 6.92 Å². The first kappa shape index (κ1) is 14.4. The quantitative estimate of drug-likeness (QED) is 0.586. The van der Waals surface area contributed by atoms with E-state index in [1.54, 1.807) is 0 Å². The molecule has 0 aliphatic carbocycles. The van der Waals surface area contributed by atoms with Crippen molar-refractivity contribution < 1.29 is 4.74 Å². The molecule has 0 heterocycles. The van der Waals surface area contributed by atoms with Gasteiger partial charge in [0.05, 0.1) is 13.2 Å². The van der Waals surface area contributed by atoms with E-state index in [0.29, 0.717) is 0 Å². The monoisotopic (exact) mass is 297 g/mol. The molecule has 0 aliphatic rings. The van der Waals surface area contributed by atoms with E-state index >= 15 is 0 Å². The Labute approximate surface area is 112 Å². The molecule has 0 aromatic heterocycles. The highest BCUT2D eigenvalue weighted by Crippen LogP contribution is 2.17. The van der Waals surface area contributed by atoms with Crippen molar-refractivity contribution in [1.82, 2.24) is 5.32 Å². The van der Waals surface area contributed by atoms with E-state index in [2.05, 4.69) is 52.9 Å². The zero-order valence-corrected chi connectivity index (χ0v) is 11.9. The van der Waals surface area contributed by atoms with E-state index in [1.165, 1.54) is 15.6 Å². The van der Waals surface area contributed by atoms with Crippen LogP contribution in [0.3, 0.4) is 0 Å². The van der Waals surface area contributed by atoms with Gasteiger partial charge >= 0.3 is 0 Å². The van der Waals surface area contributed by atoms with E-state index in [0.717, 1.165) is 32.7 Å².